The molecule has 2 heterocycles. The van der Waals surface area contributed by atoms with Crippen LogP contribution < -0.4 is 4.90 Å². The van der Waals surface area contributed by atoms with E-state index >= 15 is 0 Å². The molecule has 2 aliphatic heterocycles. The second-order valence-corrected chi connectivity index (χ2v) is 8.12. The van der Waals surface area contributed by atoms with Crippen LogP contribution in [0.4, 0.5) is 5.69 Å². The molecule has 0 radical (unpaired) electrons. The van der Waals surface area contributed by atoms with Gasteiger partial charge in [0.15, 0.2) is 0 Å². The largest absolute Gasteiger partial charge is 0.462 e. The summed E-state index contributed by atoms with van der Waals surface area (Å²) >= 11 is 0. The third-order valence-corrected chi connectivity index (χ3v) is 6.48. The van der Waals surface area contributed by atoms with Crippen LogP contribution in [0.5, 0.6) is 0 Å². The number of rotatable bonds is 4. The Kier molecular flexibility index (Phi) is 4.72. The first-order valence-electron chi connectivity index (χ1n) is 9.90. The zero-order chi connectivity index (χ0) is 17.3. The van der Waals surface area contributed by atoms with E-state index < -0.39 is 0 Å². The summed E-state index contributed by atoms with van der Waals surface area (Å²) in [6.45, 7) is 7.60. The zero-order valence-electron chi connectivity index (χ0n) is 15.4. The number of anilines is 1. The number of cyclic esters (lactones) is 1. The number of para-hydroxylation sites is 1. The summed E-state index contributed by atoms with van der Waals surface area (Å²) in [4.78, 5) is 17.3. The summed E-state index contributed by atoms with van der Waals surface area (Å²) in [6, 6.07) is 8.65. The van der Waals surface area contributed by atoms with Gasteiger partial charge in [-0.25, -0.2) is 0 Å². The van der Waals surface area contributed by atoms with Gasteiger partial charge in [-0.3, -0.25) is 9.69 Å². The minimum Gasteiger partial charge on any atom is -0.462 e. The Hall–Kier alpha value is -1.55. The van der Waals surface area contributed by atoms with Crippen molar-refractivity contribution < 1.29 is 9.53 Å². The lowest BCUT2D eigenvalue weighted by Crippen LogP contribution is -2.47. The molecule has 136 valence electrons. The maximum atomic E-state index is 12.2. The van der Waals surface area contributed by atoms with Crippen LogP contribution in [0.2, 0.25) is 0 Å². The first-order valence-corrected chi connectivity index (χ1v) is 9.90. The summed E-state index contributed by atoms with van der Waals surface area (Å²) < 4.78 is 5.72. The molecular formula is C21H30N2O2. The first kappa shape index (κ1) is 16.9. The Balaban J connectivity index is 1.24. The SMILES string of the molecule is Cc1ccccc1N1CCN(CCC2CC3(CCCC3)C(=O)O2)CC1. The van der Waals surface area contributed by atoms with Crippen molar-refractivity contribution >= 4 is 11.7 Å². The van der Waals surface area contributed by atoms with Crippen LogP contribution in [0.1, 0.15) is 44.1 Å². The molecule has 4 nitrogen and oxygen atoms in total. The van der Waals surface area contributed by atoms with Gasteiger partial charge in [-0.2, -0.15) is 0 Å². The highest BCUT2D eigenvalue weighted by Gasteiger charge is 2.50. The van der Waals surface area contributed by atoms with Gasteiger partial charge in [0.25, 0.3) is 0 Å². The summed E-state index contributed by atoms with van der Waals surface area (Å²) in [6.07, 6.45) is 6.62. The van der Waals surface area contributed by atoms with Crippen LogP contribution in [-0.4, -0.2) is 49.7 Å². The van der Waals surface area contributed by atoms with E-state index in [0.29, 0.717) is 0 Å². The van der Waals surface area contributed by atoms with Gasteiger partial charge >= 0.3 is 5.97 Å². The molecule has 3 fully saturated rings. The van der Waals surface area contributed by atoms with Crippen molar-refractivity contribution in [3.63, 3.8) is 0 Å². The van der Waals surface area contributed by atoms with Crippen LogP contribution in [0, 0.1) is 12.3 Å². The van der Waals surface area contributed by atoms with Crippen molar-refractivity contribution in [2.45, 2.75) is 51.6 Å². The zero-order valence-corrected chi connectivity index (χ0v) is 15.4. The predicted octanol–water partition coefficient (Wildman–Crippen LogP) is 3.38. The molecule has 1 aliphatic carbocycles. The van der Waals surface area contributed by atoms with Gasteiger partial charge in [0, 0.05) is 44.8 Å². The van der Waals surface area contributed by atoms with Crippen molar-refractivity contribution in [3.8, 4) is 0 Å². The van der Waals surface area contributed by atoms with E-state index in [1.54, 1.807) is 0 Å². The number of aryl methyl sites for hydroxylation is 1. The molecular weight excluding hydrogens is 312 g/mol. The fourth-order valence-electron chi connectivity index (χ4n) is 4.92. The molecule has 1 aromatic carbocycles. The summed E-state index contributed by atoms with van der Waals surface area (Å²) in [5.74, 6) is 0.0966. The molecule has 25 heavy (non-hydrogen) atoms. The van der Waals surface area contributed by atoms with E-state index in [0.717, 1.165) is 58.4 Å². The molecule has 1 aromatic rings. The molecule has 0 aromatic heterocycles. The Morgan fingerprint density at radius 3 is 2.56 bits per heavy atom. The van der Waals surface area contributed by atoms with Crippen molar-refractivity contribution in [3.05, 3.63) is 29.8 Å². The summed E-state index contributed by atoms with van der Waals surface area (Å²) in [5.41, 5.74) is 2.62. The van der Waals surface area contributed by atoms with Crippen LogP contribution in [0.25, 0.3) is 0 Å². The van der Waals surface area contributed by atoms with E-state index in [-0.39, 0.29) is 17.5 Å². The van der Waals surface area contributed by atoms with Gasteiger partial charge in [-0.15, -0.1) is 0 Å². The van der Waals surface area contributed by atoms with Gasteiger partial charge in [-0.1, -0.05) is 31.0 Å². The molecule has 1 saturated carbocycles. The average Bonchev–Trinajstić information content (AvgIpc) is 3.22. The fourth-order valence-corrected chi connectivity index (χ4v) is 4.92. The number of carbonyl (C=O) groups excluding carboxylic acids is 1. The molecule has 1 atom stereocenters. The number of ether oxygens (including phenoxy) is 1. The Morgan fingerprint density at radius 2 is 1.84 bits per heavy atom. The summed E-state index contributed by atoms with van der Waals surface area (Å²) in [5, 5.41) is 0. The number of hydrogen-bond donors (Lipinski definition) is 0. The van der Waals surface area contributed by atoms with Gasteiger partial charge in [0.2, 0.25) is 0 Å². The highest BCUT2D eigenvalue weighted by molar-refractivity contribution is 5.79. The molecule has 0 N–H and O–H groups in total. The topological polar surface area (TPSA) is 32.8 Å². The van der Waals surface area contributed by atoms with Crippen LogP contribution >= 0.6 is 0 Å². The minimum absolute atomic E-state index is 0.0966. The lowest BCUT2D eigenvalue weighted by molar-refractivity contribution is -0.148. The quantitative estimate of drug-likeness (QED) is 0.785. The first-order chi connectivity index (χ1) is 12.2. The molecule has 1 spiro atoms. The van der Waals surface area contributed by atoms with Gasteiger partial charge in [-0.05, 0) is 37.8 Å². The number of nitrogens with zero attached hydrogens (tertiary/aromatic N) is 2. The molecule has 3 aliphatic rings. The number of esters is 1. The third kappa shape index (κ3) is 3.41. The van der Waals surface area contributed by atoms with Crippen molar-refractivity contribution in [1.82, 2.24) is 4.90 Å². The molecule has 4 rings (SSSR count). The monoisotopic (exact) mass is 342 g/mol. The fraction of sp³-hybridized carbons (Fsp3) is 0.667. The average molecular weight is 342 g/mol. The molecule has 0 bridgehead atoms. The lowest BCUT2D eigenvalue weighted by Gasteiger charge is -2.37. The maximum absolute atomic E-state index is 12.2. The highest BCUT2D eigenvalue weighted by Crippen LogP contribution is 2.48. The Morgan fingerprint density at radius 1 is 1.12 bits per heavy atom. The minimum atomic E-state index is -0.103. The van der Waals surface area contributed by atoms with E-state index in [1.807, 2.05) is 0 Å². The van der Waals surface area contributed by atoms with Crippen molar-refractivity contribution in [2.75, 3.05) is 37.6 Å². The van der Waals surface area contributed by atoms with Crippen LogP contribution in [0.15, 0.2) is 24.3 Å². The normalized spacial score (nSPS) is 26.4. The van der Waals surface area contributed by atoms with E-state index in [1.165, 1.54) is 24.1 Å². The standard InChI is InChI=1S/C21H30N2O2/c1-17-6-2-3-7-19(17)23-14-12-22(13-15-23)11-8-18-16-21(20(24)25-18)9-4-5-10-21/h2-3,6-7,18H,4-5,8-16H2,1H3. The Labute approximate surface area is 151 Å². The van der Waals surface area contributed by atoms with Crippen LogP contribution in [0.3, 0.4) is 0 Å². The number of carbonyl (C=O) groups is 1. The molecule has 2 saturated heterocycles. The number of piperazine rings is 1. The number of benzene rings is 1. The van der Waals surface area contributed by atoms with E-state index in [2.05, 4.69) is 41.0 Å². The number of hydrogen-bond acceptors (Lipinski definition) is 4. The van der Waals surface area contributed by atoms with Crippen molar-refractivity contribution in [2.24, 2.45) is 5.41 Å². The highest BCUT2D eigenvalue weighted by atomic mass is 16.6. The molecule has 1 unspecified atom stereocenters. The van der Waals surface area contributed by atoms with Gasteiger partial charge < -0.3 is 9.64 Å². The van der Waals surface area contributed by atoms with Crippen LogP contribution in [-0.2, 0) is 9.53 Å². The third-order valence-electron chi connectivity index (χ3n) is 6.48. The predicted molar refractivity (Wildman–Crippen MR) is 99.8 cm³/mol. The van der Waals surface area contributed by atoms with Gasteiger partial charge in [0.1, 0.15) is 6.10 Å². The smallest absolute Gasteiger partial charge is 0.312 e. The lowest BCUT2D eigenvalue weighted by atomic mass is 9.83. The van der Waals surface area contributed by atoms with E-state index in [4.69, 9.17) is 4.74 Å². The second kappa shape index (κ2) is 6.99. The van der Waals surface area contributed by atoms with E-state index in [9.17, 15) is 4.79 Å². The van der Waals surface area contributed by atoms with Gasteiger partial charge in [0.05, 0.1) is 5.41 Å². The second-order valence-electron chi connectivity index (χ2n) is 8.12. The Bertz CT molecular complexity index is 616. The summed E-state index contributed by atoms with van der Waals surface area (Å²) in [7, 11) is 0. The maximum Gasteiger partial charge on any atom is 0.312 e. The van der Waals surface area contributed by atoms with Crippen molar-refractivity contribution in [1.29, 1.82) is 0 Å². The molecule has 0 amide bonds. The molecule has 4 heteroatoms.